The molecule has 7 heteroatoms. The van der Waals surface area contributed by atoms with Crippen molar-refractivity contribution in [1.29, 1.82) is 0 Å². The molecule has 0 radical (unpaired) electrons. The molecule has 108 valence electrons. The van der Waals surface area contributed by atoms with Gasteiger partial charge in [0.1, 0.15) is 6.54 Å². The molecule has 0 spiro atoms. The van der Waals surface area contributed by atoms with Gasteiger partial charge in [0.15, 0.2) is 0 Å². The van der Waals surface area contributed by atoms with Gasteiger partial charge >= 0.3 is 13.6 Å². The maximum atomic E-state index is 11.1. The highest BCUT2D eigenvalue weighted by Crippen LogP contribution is 2.43. The third kappa shape index (κ3) is 15.3. The molecular weight excluding hydrogens is 257 g/mol. The summed E-state index contributed by atoms with van der Waals surface area (Å²) in [6.07, 6.45) is 0.940. The van der Waals surface area contributed by atoms with Crippen LogP contribution >= 0.6 is 7.60 Å². The number of quaternary nitrogens is 1. The molecule has 0 rings (SSSR count). The second-order valence-electron chi connectivity index (χ2n) is 4.54. The van der Waals surface area contributed by atoms with Crippen LogP contribution in [-0.4, -0.2) is 63.1 Å². The van der Waals surface area contributed by atoms with Crippen molar-refractivity contribution >= 4 is 13.6 Å². The Balaban J connectivity index is 0. The molecule has 0 aromatic rings. The highest BCUT2D eigenvalue weighted by molar-refractivity contribution is 7.53. The lowest BCUT2D eigenvalue weighted by atomic mass is 10.5. The van der Waals surface area contributed by atoms with Gasteiger partial charge < -0.3 is 18.6 Å². The Labute approximate surface area is 109 Å². The van der Waals surface area contributed by atoms with E-state index in [4.69, 9.17) is 5.11 Å². The summed E-state index contributed by atoms with van der Waals surface area (Å²) in [6.45, 7) is 7.42. The van der Waals surface area contributed by atoms with Gasteiger partial charge in [0, 0.05) is 6.08 Å². The lowest BCUT2D eigenvalue weighted by molar-refractivity contribution is -0.870. The van der Waals surface area contributed by atoms with Crippen LogP contribution in [0.15, 0.2) is 12.7 Å². The SMILES string of the molecule is C=CC(=O)OP(C)(=O)OCC.C[N+](C)(C)CCO. The van der Waals surface area contributed by atoms with Gasteiger partial charge in [0.25, 0.3) is 0 Å². The topological polar surface area (TPSA) is 72.8 Å². The molecule has 1 N–H and O–H groups in total. The van der Waals surface area contributed by atoms with E-state index in [1.165, 1.54) is 6.66 Å². The number of likely N-dealkylation sites (N-methyl/N-ethyl adjacent to an activating group) is 1. The number of nitrogens with zero attached hydrogens (tertiary/aromatic N) is 1. The maximum absolute atomic E-state index is 11.1. The second kappa shape index (κ2) is 9.28. The number of hydrogen-bond acceptors (Lipinski definition) is 5. The fraction of sp³-hybridized carbons (Fsp3) is 0.727. The van der Waals surface area contributed by atoms with Crippen LogP contribution < -0.4 is 0 Å². The van der Waals surface area contributed by atoms with Gasteiger partial charge in [-0.2, -0.15) is 0 Å². The summed E-state index contributed by atoms with van der Waals surface area (Å²) >= 11 is 0. The molecule has 0 amide bonds. The number of hydrogen-bond donors (Lipinski definition) is 1. The molecule has 1 atom stereocenters. The summed E-state index contributed by atoms with van der Waals surface area (Å²) in [5.41, 5.74) is 0. The van der Waals surface area contributed by atoms with Gasteiger partial charge in [-0.25, -0.2) is 9.36 Å². The minimum absolute atomic E-state index is 0.248. The third-order valence-electron chi connectivity index (χ3n) is 1.56. The standard InChI is InChI=1S/C6H11O4P.C5H14NO/c1-4-6(7)10-11(3,8)9-5-2;1-6(2,3)4-5-7/h4H,1,5H2,2-3H3;7H,4-5H2,1-3H3/q;+1. The predicted octanol–water partition coefficient (Wildman–Crippen LogP) is 1.26. The van der Waals surface area contributed by atoms with Crippen molar-refractivity contribution in [3.63, 3.8) is 0 Å². The number of carbonyl (C=O) groups is 1. The third-order valence-corrected chi connectivity index (χ3v) is 2.80. The Hall–Kier alpha value is -0.680. The summed E-state index contributed by atoms with van der Waals surface area (Å²) in [7, 11) is 2.97. The first-order valence-electron chi connectivity index (χ1n) is 5.57. The fourth-order valence-corrected chi connectivity index (χ4v) is 1.68. The monoisotopic (exact) mass is 282 g/mol. The Morgan fingerprint density at radius 2 is 1.94 bits per heavy atom. The minimum atomic E-state index is -3.19. The van der Waals surface area contributed by atoms with E-state index in [0.717, 1.165) is 17.1 Å². The van der Waals surface area contributed by atoms with Gasteiger partial charge in [0.05, 0.1) is 41.0 Å². The number of carbonyl (C=O) groups excluding carboxylic acids is 1. The van der Waals surface area contributed by atoms with Gasteiger partial charge in [0.2, 0.25) is 0 Å². The molecule has 0 saturated heterocycles. The fourth-order valence-electron chi connectivity index (χ4n) is 0.762. The van der Waals surface area contributed by atoms with E-state index in [9.17, 15) is 9.36 Å². The quantitative estimate of drug-likeness (QED) is 0.451. The molecule has 0 saturated carbocycles. The van der Waals surface area contributed by atoms with Crippen LogP contribution in [0, 0.1) is 0 Å². The van der Waals surface area contributed by atoms with Crippen LogP contribution in [0.25, 0.3) is 0 Å². The Bertz CT molecular complexity index is 298. The molecule has 0 aliphatic heterocycles. The summed E-state index contributed by atoms with van der Waals surface area (Å²) < 4.78 is 21.0. The Kier molecular flexibility index (Phi) is 10.1. The van der Waals surface area contributed by atoms with E-state index in [1.807, 2.05) is 0 Å². The number of aliphatic hydroxyl groups is 1. The van der Waals surface area contributed by atoms with Crippen LogP contribution in [0.5, 0.6) is 0 Å². The molecule has 18 heavy (non-hydrogen) atoms. The van der Waals surface area contributed by atoms with Gasteiger partial charge in [-0.05, 0) is 6.92 Å². The van der Waals surface area contributed by atoms with Crippen molar-refractivity contribution in [2.75, 3.05) is 47.6 Å². The summed E-state index contributed by atoms with van der Waals surface area (Å²) in [4.78, 5) is 10.5. The molecule has 0 fully saturated rings. The first kappa shape index (κ1) is 19.7. The van der Waals surface area contributed by atoms with E-state index >= 15 is 0 Å². The number of aliphatic hydroxyl groups excluding tert-OH is 1. The van der Waals surface area contributed by atoms with Crippen LogP contribution in [0.2, 0.25) is 0 Å². The van der Waals surface area contributed by atoms with Gasteiger partial charge in [-0.1, -0.05) is 6.58 Å². The van der Waals surface area contributed by atoms with Crippen molar-refractivity contribution in [3.8, 4) is 0 Å². The summed E-state index contributed by atoms with van der Waals surface area (Å²) in [5, 5.41) is 8.39. The highest BCUT2D eigenvalue weighted by atomic mass is 31.2. The summed E-state index contributed by atoms with van der Waals surface area (Å²) in [5.74, 6) is -0.732. The molecule has 1 unspecified atom stereocenters. The Morgan fingerprint density at radius 1 is 1.44 bits per heavy atom. The largest absolute Gasteiger partial charge is 0.391 e. The lowest BCUT2D eigenvalue weighted by Crippen LogP contribution is -2.36. The lowest BCUT2D eigenvalue weighted by Gasteiger charge is -2.21. The van der Waals surface area contributed by atoms with Crippen molar-refractivity contribution in [3.05, 3.63) is 12.7 Å². The smallest absolute Gasteiger partial charge is 0.378 e. The maximum Gasteiger partial charge on any atom is 0.378 e. The molecule has 0 aromatic heterocycles. The van der Waals surface area contributed by atoms with E-state index in [-0.39, 0.29) is 13.2 Å². The van der Waals surface area contributed by atoms with Crippen LogP contribution in [0.1, 0.15) is 6.92 Å². The van der Waals surface area contributed by atoms with E-state index < -0.39 is 13.6 Å². The molecule has 0 aromatic carbocycles. The predicted molar refractivity (Wildman–Crippen MR) is 71.4 cm³/mol. The first-order valence-corrected chi connectivity index (χ1v) is 7.56. The van der Waals surface area contributed by atoms with Crippen molar-refractivity contribution in [2.45, 2.75) is 6.92 Å². The zero-order valence-corrected chi connectivity index (χ0v) is 12.8. The zero-order chi connectivity index (χ0) is 14.8. The number of rotatable bonds is 6. The zero-order valence-electron chi connectivity index (χ0n) is 11.9. The average molecular weight is 282 g/mol. The van der Waals surface area contributed by atoms with Crippen LogP contribution in [-0.2, 0) is 18.4 Å². The minimum Gasteiger partial charge on any atom is -0.391 e. The van der Waals surface area contributed by atoms with Crippen molar-refractivity contribution in [2.24, 2.45) is 0 Å². The van der Waals surface area contributed by atoms with E-state index in [1.54, 1.807) is 6.92 Å². The summed E-state index contributed by atoms with van der Waals surface area (Å²) in [6, 6.07) is 0. The van der Waals surface area contributed by atoms with E-state index in [2.05, 4.69) is 36.8 Å². The molecule has 0 aliphatic carbocycles. The van der Waals surface area contributed by atoms with Gasteiger partial charge in [-0.3, -0.25) is 0 Å². The van der Waals surface area contributed by atoms with Gasteiger partial charge in [-0.15, -0.1) is 0 Å². The molecule has 0 bridgehead atoms. The average Bonchev–Trinajstić information content (AvgIpc) is 2.15. The van der Waals surface area contributed by atoms with Crippen LogP contribution in [0.3, 0.4) is 0 Å². The first-order chi connectivity index (χ1) is 8.08. The van der Waals surface area contributed by atoms with Crippen molar-refractivity contribution in [1.82, 2.24) is 0 Å². The molecular formula is C11H25NO5P+. The normalized spacial score (nSPS) is 13.9. The second-order valence-corrected chi connectivity index (χ2v) is 6.52. The van der Waals surface area contributed by atoms with Crippen molar-refractivity contribution < 1.29 is 28.0 Å². The van der Waals surface area contributed by atoms with E-state index in [0.29, 0.717) is 0 Å². The highest BCUT2D eigenvalue weighted by Gasteiger charge is 2.19. The molecule has 6 nitrogen and oxygen atoms in total. The van der Waals surface area contributed by atoms with Crippen LogP contribution in [0.4, 0.5) is 0 Å². The molecule has 0 heterocycles. The molecule has 0 aliphatic rings. The Morgan fingerprint density at radius 3 is 2.17 bits per heavy atom.